The summed E-state index contributed by atoms with van der Waals surface area (Å²) >= 11 is 0. The number of nitrogens with zero attached hydrogens (tertiary/aromatic N) is 1. The number of nitrogens with one attached hydrogen (secondary N) is 2. The molecule has 0 unspecified atom stereocenters. The van der Waals surface area contributed by atoms with Crippen LogP contribution in [0.5, 0.6) is 0 Å². The molecular formula is C14H17N3O2. The van der Waals surface area contributed by atoms with Crippen LogP contribution in [0, 0.1) is 13.8 Å². The molecule has 0 aliphatic rings. The Morgan fingerprint density at radius 1 is 1.32 bits per heavy atom. The minimum atomic E-state index is -0.362. The van der Waals surface area contributed by atoms with Crippen molar-refractivity contribution in [3.05, 3.63) is 47.0 Å². The van der Waals surface area contributed by atoms with Crippen LogP contribution in [0.3, 0.4) is 0 Å². The summed E-state index contributed by atoms with van der Waals surface area (Å²) in [4.78, 5) is 18.7. The number of carbonyl (C=O) groups is 1. The second-order valence-corrected chi connectivity index (χ2v) is 4.33. The van der Waals surface area contributed by atoms with E-state index in [0.717, 1.165) is 22.8 Å². The first-order valence-electron chi connectivity index (χ1n) is 6.04. The number of aromatic amines is 1. The van der Waals surface area contributed by atoms with E-state index in [1.165, 1.54) is 7.11 Å². The Morgan fingerprint density at radius 3 is 2.79 bits per heavy atom. The van der Waals surface area contributed by atoms with Gasteiger partial charge in [-0.25, -0.2) is 4.79 Å². The molecule has 0 aliphatic heterocycles. The van der Waals surface area contributed by atoms with Gasteiger partial charge in [-0.1, -0.05) is 0 Å². The number of pyridine rings is 1. The van der Waals surface area contributed by atoms with Gasteiger partial charge in [0.25, 0.3) is 0 Å². The maximum atomic E-state index is 11.3. The Balaban J connectivity index is 2.02. The lowest BCUT2D eigenvalue weighted by atomic mass is 10.2. The number of esters is 1. The van der Waals surface area contributed by atoms with Gasteiger partial charge in [0, 0.05) is 11.4 Å². The van der Waals surface area contributed by atoms with E-state index >= 15 is 0 Å². The second-order valence-electron chi connectivity index (χ2n) is 4.33. The lowest BCUT2D eigenvalue weighted by Crippen LogP contribution is -2.05. The topological polar surface area (TPSA) is 67.0 Å². The molecule has 2 N–H and O–H groups in total. The lowest BCUT2D eigenvalue weighted by molar-refractivity contribution is 0.0594. The van der Waals surface area contributed by atoms with Crippen LogP contribution < -0.4 is 5.32 Å². The monoisotopic (exact) mass is 259 g/mol. The van der Waals surface area contributed by atoms with Gasteiger partial charge >= 0.3 is 5.97 Å². The van der Waals surface area contributed by atoms with Crippen molar-refractivity contribution >= 4 is 11.7 Å². The molecule has 0 fully saturated rings. The summed E-state index contributed by atoms with van der Waals surface area (Å²) in [7, 11) is 1.36. The van der Waals surface area contributed by atoms with Gasteiger partial charge < -0.3 is 15.0 Å². The molecule has 2 aromatic rings. The lowest BCUT2D eigenvalue weighted by Gasteiger charge is -2.08. The molecule has 0 saturated carbocycles. The van der Waals surface area contributed by atoms with Crippen molar-refractivity contribution in [2.24, 2.45) is 0 Å². The van der Waals surface area contributed by atoms with Crippen molar-refractivity contribution in [2.75, 3.05) is 12.4 Å². The van der Waals surface area contributed by atoms with Gasteiger partial charge in [-0.15, -0.1) is 0 Å². The Kier molecular flexibility index (Phi) is 3.85. The van der Waals surface area contributed by atoms with E-state index in [1.807, 2.05) is 32.0 Å². The van der Waals surface area contributed by atoms with Gasteiger partial charge in [0.2, 0.25) is 0 Å². The zero-order valence-corrected chi connectivity index (χ0v) is 11.3. The number of hydrogen-bond acceptors (Lipinski definition) is 4. The van der Waals surface area contributed by atoms with Crippen molar-refractivity contribution in [3.63, 3.8) is 0 Å². The minimum absolute atomic E-state index is 0.362. The van der Waals surface area contributed by atoms with Crippen LogP contribution in [-0.2, 0) is 11.3 Å². The summed E-state index contributed by atoms with van der Waals surface area (Å²) in [5.74, 6) is -0.362. The fourth-order valence-corrected chi connectivity index (χ4v) is 1.84. The Bertz CT molecular complexity index is 590. The summed E-state index contributed by atoms with van der Waals surface area (Å²) in [5, 5.41) is 3.28. The van der Waals surface area contributed by atoms with Gasteiger partial charge in [-0.2, -0.15) is 0 Å². The van der Waals surface area contributed by atoms with Gasteiger partial charge in [0.15, 0.2) is 0 Å². The highest BCUT2D eigenvalue weighted by Gasteiger charge is 2.08. The zero-order valence-electron chi connectivity index (χ0n) is 11.3. The van der Waals surface area contributed by atoms with Crippen LogP contribution in [0.15, 0.2) is 24.3 Å². The quantitative estimate of drug-likeness (QED) is 0.827. The molecule has 5 nitrogen and oxygen atoms in total. The summed E-state index contributed by atoms with van der Waals surface area (Å²) in [6.45, 7) is 4.52. The van der Waals surface area contributed by atoms with E-state index in [-0.39, 0.29) is 5.97 Å². The number of ether oxygens (including phenoxy) is 1. The number of aromatic nitrogens is 2. The highest BCUT2D eigenvalue weighted by molar-refractivity contribution is 5.87. The summed E-state index contributed by atoms with van der Waals surface area (Å²) in [5.41, 5.74) is 4.31. The van der Waals surface area contributed by atoms with E-state index in [1.54, 1.807) is 6.07 Å². The summed E-state index contributed by atoms with van der Waals surface area (Å²) < 4.78 is 4.64. The fourth-order valence-electron chi connectivity index (χ4n) is 1.84. The minimum Gasteiger partial charge on any atom is -0.464 e. The van der Waals surface area contributed by atoms with Gasteiger partial charge in [0.1, 0.15) is 5.69 Å². The molecule has 0 aliphatic carbocycles. The number of carbonyl (C=O) groups excluding carboxylic acids is 1. The molecule has 0 atom stereocenters. The zero-order chi connectivity index (χ0) is 13.8. The van der Waals surface area contributed by atoms with Crippen LogP contribution >= 0.6 is 0 Å². The Hall–Kier alpha value is -2.30. The Labute approximate surface area is 112 Å². The number of aryl methyl sites for hydroxylation is 2. The number of rotatable bonds is 4. The highest BCUT2D eigenvalue weighted by atomic mass is 16.5. The summed E-state index contributed by atoms with van der Waals surface area (Å²) in [6, 6.07) is 7.53. The molecule has 0 saturated heterocycles. The number of hydrogen-bond donors (Lipinski definition) is 2. The first-order chi connectivity index (χ1) is 9.10. The molecule has 0 bridgehead atoms. The van der Waals surface area contributed by atoms with E-state index < -0.39 is 0 Å². The smallest absolute Gasteiger partial charge is 0.354 e. The molecule has 2 rings (SSSR count). The molecule has 5 heteroatoms. The predicted molar refractivity (Wildman–Crippen MR) is 73.2 cm³/mol. The van der Waals surface area contributed by atoms with Gasteiger partial charge in [-0.05, 0) is 38.1 Å². The number of anilines is 1. The fraction of sp³-hybridized carbons (Fsp3) is 0.286. The second kappa shape index (κ2) is 5.56. The molecule has 2 heterocycles. The normalized spacial score (nSPS) is 10.3. The molecule has 19 heavy (non-hydrogen) atoms. The highest BCUT2D eigenvalue weighted by Crippen LogP contribution is 2.14. The van der Waals surface area contributed by atoms with Crippen LogP contribution in [-0.4, -0.2) is 23.0 Å². The molecular weight excluding hydrogens is 242 g/mol. The number of methoxy groups -OCH3 is 1. The first kappa shape index (κ1) is 13.1. The van der Waals surface area contributed by atoms with Crippen molar-refractivity contribution in [1.29, 1.82) is 0 Å². The van der Waals surface area contributed by atoms with Gasteiger partial charge in [-0.3, -0.25) is 4.98 Å². The van der Waals surface area contributed by atoms with Crippen LogP contribution in [0.2, 0.25) is 0 Å². The third kappa shape index (κ3) is 3.13. The molecule has 2 aromatic heterocycles. The first-order valence-corrected chi connectivity index (χ1v) is 6.04. The average Bonchev–Trinajstić information content (AvgIpc) is 2.85. The Morgan fingerprint density at radius 2 is 2.11 bits per heavy atom. The van der Waals surface area contributed by atoms with E-state index in [2.05, 4.69) is 20.0 Å². The number of H-pyrrole nitrogens is 1. The van der Waals surface area contributed by atoms with Gasteiger partial charge in [0.05, 0.1) is 25.0 Å². The molecule has 0 amide bonds. The van der Waals surface area contributed by atoms with Crippen LogP contribution in [0.1, 0.15) is 27.6 Å². The molecule has 0 aromatic carbocycles. The summed E-state index contributed by atoms with van der Waals surface area (Å²) in [6.07, 6.45) is 0. The molecule has 0 radical (unpaired) electrons. The average molecular weight is 259 g/mol. The standard InChI is InChI=1S/C14H17N3O2/c1-9-4-6-12(10(2)16-9)15-8-11-5-7-13(17-11)14(18)19-3/h4-7,15,17H,8H2,1-3H3. The maximum absolute atomic E-state index is 11.3. The van der Waals surface area contributed by atoms with E-state index in [0.29, 0.717) is 12.2 Å². The third-order valence-corrected chi connectivity index (χ3v) is 2.85. The predicted octanol–water partition coefficient (Wildman–Crippen LogP) is 2.43. The largest absolute Gasteiger partial charge is 0.464 e. The van der Waals surface area contributed by atoms with Crippen molar-refractivity contribution in [2.45, 2.75) is 20.4 Å². The van der Waals surface area contributed by atoms with E-state index in [9.17, 15) is 4.79 Å². The maximum Gasteiger partial charge on any atom is 0.354 e. The third-order valence-electron chi connectivity index (χ3n) is 2.85. The van der Waals surface area contributed by atoms with Crippen LogP contribution in [0.25, 0.3) is 0 Å². The SMILES string of the molecule is COC(=O)c1ccc(CNc2ccc(C)nc2C)[nH]1. The van der Waals surface area contributed by atoms with E-state index in [4.69, 9.17) is 0 Å². The van der Waals surface area contributed by atoms with Crippen molar-refractivity contribution in [3.8, 4) is 0 Å². The van der Waals surface area contributed by atoms with Crippen LogP contribution in [0.4, 0.5) is 5.69 Å². The van der Waals surface area contributed by atoms with Crippen molar-refractivity contribution < 1.29 is 9.53 Å². The molecule has 0 spiro atoms. The molecule has 100 valence electrons. The van der Waals surface area contributed by atoms with Crippen molar-refractivity contribution in [1.82, 2.24) is 9.97 Å².